The fourth-order valence-corrected chi connectivity index (χ4v) is 3.57. The number of nitrogens with one attached hydrogen (secondary N) is 1. The summed E-state index contributed by atoms with van der Waals surface area (Å²) in [5.74, 6) is 0.368. The van der Waals surface area contributed by atoms with Gasteiger partial charge in [0.25, 0.3) is 5.91 Å². The summed E-state index contributed by atoms with van der Waals surface area (Å²) in [6.45, 7) is 0. The number of thiol groups is 1. The number of hydrogen-bond donors (Lipinski definition) is 2. The van der Waals surface area contributed by atoms with Crippen molar-refractivity contribution in [2.24, 2.45) is 5.92 Å². The summed E-state index contributed by atoms with van der Waals surface area (Å²) in [5.41, 5.74) is 1.50. The molecule has 23 heavy (non-hydrogen) atoms. The lowest BCUT2D eigenvalue weighted by atomic mass is 9.84. The molecule has 0 bridgehead atoms. The van der Waals surface area contributed by atoms with E-state index in [4.69, 9.17) is 0 Å². The normalized spacial score (nSPS) is 21.1. The van der Waals surface area contributed by atoms with Crippen molar-refractivity contribution >= 4 is 34.6 Å². The third-order valence-corrected chi connectivity index (χ3v) is 4.72. The molecule has 120 valence electrons. The number of hydrogen-bond acceptors (Lipinski definition) is 3. The molecule has 0 atom stereocenters. The average molecular weight is 328 g/mol. The highest BCUT2D eigenvalue weighted by molar-refractivity contribution is 7.96. The number of amides is 1. The Hall–Kier alpha value is -1.88. The van der Waals surface area contributed by atoms with E-state index in [0.717, 1.165) is 36.6 Å². The lowest BCUT2D eigenvalue weighted by Gasteiger charge is -2.28. The molecule has 0 radical (unpaired) electrons. The molecule has 1 aliphatic rings. The second-order valence-electron chi connectivity index (χ2n) is 6.16. The van der Waals surface area contributed by atoms with Gasteiger partial charge < -0.3 is 5.32 Å². The van der Waals surface area contributed by atoms with Crippen LogP contribution in [0.1, 0.15) is 42.5 Å². The van der Waals surface area contributed by atoms with Crippen molar-refractivity contribution in [3.8, 4) is 0 Å². The van der Waals surface area contributed by atoms with Gasteiger partial charge in [-0.3, -0.25) is 14.6 Å². The molecule has 4 nitrogen and oxygen atoms in total. The van der Waals surface area contributed by atoms with Crippen molar-refractivity contribution in [2.75, 3.05) is 0 Å². The van der Waals surface area contributed by atoms with Gasteiger partial charge in [-0.25, -0.2) is 0 Å². The van der Waals surface area contributed by atoms with Crippen LogP contribution in [0, 0.1) is 5.92 Å². The highest BCUT2D eigenvalue weighted by Gasteiger charge is 2.24. The summed E-state index contributed by atoms with van der Waals surface area (Å²) in [4.78, 5) is 27.9. The van der Waals surface area contributed by atoms with E-state index in [1.165, 1.54) is 0 Å². The smallest absolute Gasteiger partial charge is 0.252 e. The maximum atomic E-state index is 12.6. The predicted octanol–water partition coefficient (Wildman–Crippen LogP) is 3.37. The number of carbonyl (C=O) groups is 2. The van der Waals surface area contributed by atoms with Gasteiger partial charge in [0, 0.05) is 24.0 Å². The highest BCUT2D eigenvalue weighted by Crippen LogP contribution is 2.28. The zero-order valence-electron chi connectivity index (χ0n) is 12.9. The van der Waals surface area contributed by atoms with E-state index in [-0.39, 0.29) is 17.1 Å². The topological polar surface area (TPSA) is 59.1 Å². The molecule has 1 N–H and O–H groups in total. The van der Waals surface area contributed by atoms with Gasteiger partial charge in [0.1, 0.15) is 0 Å². The van der Waals surface area contributed by atoms with E-state index in [1.54, 1.807) is 12.3 Å². The third-order valence-electron chi connectivity index (χ3n) is 4.54. The van der Waals surface area contributed by atoms with Gasteiger partial charge in [-0.15, -0.1) is 12.6 Å². The number of benzene rings is 1. The standard InChI is InChI=1S/C18H20N2O2S/c21-17(23)11-12-5-7-13(8-6-12)20-18(22)15-9-10-19-16-4-2-1-3-14(15)16/h1-4,9-10,12-13H,5-8,11H2,(H,20,22)(H,21,23). The van der Waals surface area contributed by atoms with E-state index in [1.807, 2.05) is 24.3 Å². The largest absolute Gasteiger partial charge is 0.349 e. The number of rotatable bonds is 4. The molecule has 1 fully saturated rings. The first-order chi connectivity index (χ1) is 11.1. The Morgan fingerprint density at radius 2 is 1.87 bits per heavy atom. The molecular weight excluding hydrogens is 308 g/mol. The summed E-state index contributed by atoms with van der Waals surface area (Å²) >= 11 is 3.85. The minimum atomic E-state index is -0.0441. The monoisotopic (exact) mass is 328 g/mol. The lowest BCUT2D eigenvalue weighted by Crippen LogP contribution is -2.37. The van der Waals surface area contributed by atoms with Crippen LogP contribution in [0.3, 0.4) is 0 Å². The Labute approximate surface area is 141 Å². The van der Waals surface area contributed by atoms with Gasteiger partial charge in [0.15, 0.2) is 5.12 Å². The molecule has 1 amide bonds. The van der Waals surface area contributed by atoms with Gasteiger partial charge >= 0.3 is 0 Å². The minimum absolute atomic E-state index is 0.0410. The average Bonchev–Trinajstić information content (AvgIpc) is 2.55. The number of pyridine rings is 1. The maximum absolute atomic E-state index is 12.6. The van der Waals surface area contributed by atoms with Crippen molar-refractivity contribution in [2.45, 2.75) is 38.1 Å². The van der Waals surface area contributed by atoms with Gasteiger partial charge in [0.2, 0.25) is 0 Å². The van der Waals surface area contributed by atoms with Gasteiger partial charge in [-0.2, -0.15) is 0 Å². The fourth-order valence-electron chi connectivity index (χ4n) is 3.31. The van der Waals surface area contributed by atoms with E-state index >= 15 is 0 Å². The van der Waals surface area contributed by atoms with Crippen molar-refractivity contribution in [1.29, 1.82) is 0 Å². The highest BCUT2D eigenvalue weighted by atomic mass is 32.1. The summed E-state index contributed by atoms with van der Waals surface area (Å²) in [6, 6.07) is 9.61. The van der Waals surface area contributed by atoms with Crippen LogP contribution in [0.25, 0.3) is 10.9 Å². The fraction of sp³-hybridized carbons (Fsp3) is 0.389. The summed E-state index contributed by atoms with van der Waals surface area (Å²) in [5, 5.41) is 3.97. The van der Waals surface area contributed by atoms with Crippen molar-refractivity contribution in [1.82, 2.24) is 10.3 Å². The molecule has 1 aliphatic carbocycles. The second kappa shape index (κ2) is 7.13. The number of nitrogens with zero attached hydrogens (tertiary/aromatic N) is 1. The Balaban J connectivity index is 1.65. The maximum Gasteiger partial charge on any atom is 0.252 e. The lowest BCUT2D eigenvalue weighted by molar-refractivity contribution is -0.111. The molecule has 5 heteroatoms. The first-order valence-corrected chi connectivity index (χ1v) is 8.44. The van der Waals surface area contributed by atoms with E-state index in [2.05, 4.69) is 22.9 Å². The Morgan fingerprint density at radius 3 is 2.61 bits per heavy atom. The van der Waals surface area contributed by atoms with Crippen LogP contribution < -0.4 is 5.32 Å². The molecule has 1 heterocycles. The van der Waals surface area contributed by atoms with Crippen LogP contribution in [0.15, 0.2) is 36.5 Å². The molecule has 0 saturated heterocycles. The Morgan fingerprint density at radius 1 is 1.13 bits per heavy atom. The first kappa shape index (κ1) is 16.0. The van der Waals surface area contributed by atoms with Crippen LogP contribution >= 0.6 is 12.6 Å². The minimum Gasteiger partial charge on any atom is -0.349 e. The van der Waals surface area contributed by atoms with E-state index < -0.39 is 0 Å². The van der Waals surface area contributed by atoms with Gasteiger partial charge in [-0.05, 0) is 43.7 Å². The number of fused-ring (bicyclic) bond motifs is 1. The zero-order chi connectivity index (χ0) is 16.2. The molecule has 3 rings (SSSR count). The number of aromatic nitrogens is 1. The van der Waals surface area contributed by atoms with Gasteiger partial charge in [0.05, 0.1) is 11.1 Å². The number of carbonyl (C=O) groups excluding carboxylic acids is 2. The van der Waals surface area contributed by atoms with Crippen LogP contribution in [-0.4, -0.2) is 22.0 Å². The van der Waals surface area contributed by atoms with E-state index in [9.17, 15) is 9.59 Å². The number of para-hydroxylation sites is 1. The van der Waals surface area contributed by atoms with Crippen molar-refractivity contribution < 1.29 is 9.59 Å². The first-order valence-electron chi connectivity index (χ1n) is 8.00. The molecule has 1 saturated carbocycles. The molecule has 1 aromatic carbocycles. The van der Waals surface area contributed by atoms with Crippen molar-refractivity contribution in [3.63, 3.8) is 0 Å². The molecule has 0 unspecified atom stereocenters. The molecular formula is C18H20N2O2S. The van der Waals surface area contributed by atoms with Crippen molar-refractivity contribution in [3.05, 3.63) is 42.1 Å². The second-order valence-corrected chi connectivity index (χ2v) is 6.66. The molecule has 0 spiro atoms. The predicted molar refractivity (Wildman–Crippen MR) is 93.6 cm³/mol. The quantitative estimate of drug-likeness (QED) is 0.846. The molecule has 0 aliphatic heterocycles. The zero-order valence-corrected chi connectivity index (χ0v) is 13.8. The Bertz CT molecular complexity index is 719. The van der Waals surface area contributed by atoms with Crippen LogP contribution in [-0.2, 0) is 4.79 Å². The summed E-state index contributed by atoms with van der Waals surface area (Å²) < 4.78 is 0. The van der Waals surface area contributed by atoms with Gasteiger partial charge in [-0.1, -0.05) is 18.2 Å². The Kier molecular flexibility index (Phi) is 4.96. The van der Waals surface area contributed by atoms with Crippen LogP contribution in [0.5, 0.6) is 0 Å². The SMILES string of the molecule is O=C(S)CC1CCC(NC(=O)c2ccnc3ccccc23)CC1. The van der Waals surface area contributed by atoms with Crippen LogP contribution in [0.4, 0.5) is 0 Å². The molecule has 2 aromatic rings. The van der Waals surface area contributed by atoms with E-state index in [0.29, 0.717) is 17.9 Å². The summed E-state index contributed by atoms with van der Waals surface area (Å²) in [6.07, 6.45) is 5.98. The molecule has 1 aromatic heterocycles. The van der Waals surface area contributed by atoms with Crippen LogP contribution in [0.2, 0.25) is 0 Å². The summed E-state index contributed by atoms with van der Waals surface area (Å²) in [7, 11) is 0. The third kappa shape index (κ3) is 3.91.